The summed E-state index contributed by atoms with van der Waals surface area (Å²) in [5.74, 6) is 0.223. The zero-order chi connectivity index (χ0) is 10.4. The molecule has 0 aromatic carbocycles. The zero-order valence-corrected chi connectivity index (χ0v) is 9.64. The molecule has 1 heterocycles. The highest BCUT2D eigenvalue weighted by Gasteiger charge is 2.08. The number of unbranched alkanes of at least 4 members (excludes halogenated alkanes) is 1. The van der Waals surface area contributed by atoms with Gasteiger partial charge in [-0.1, -0.05) is 19.4 Å². The summed E-state index contributed by atoms with van der Waals surface area (Å²) < 4.78 is 0. The number of hydrogen-bond acceptors (Lipinski definition) is 2. The van der Waals surface area contributed by atoms with Crippen molar-refractivity contribution in [3.05, 3.63) is 22.4 Å². The lowest BCUT2D eigenvalue weighted by atomic mass is 10.3. The second kappa shape index (κ2) is 5.81. The molecule has 0 bridgehead atoms. The highest BCUT2D eigenvalue weighted by atomic mass is 32.1. The molecule has 14 heavy (non-hydrogen) atoms. The molecular formula is C11H17NOS. The van der Waals surface area contributed by atoms with Crippen LogP contribution in [0.2, 0.25) is 0 Å². The van der Waals surface area contributed by atoms with Crippen molar-refractivity contribution in [1.29, 1.82) is 0 Å². The Morgan fingerprint density at radius 1 is 1.57 bits per heavy atom. The van der Waals surface area contributed by atoms with E-state index in [0.29, 0.717) is 6.42 Å². The molecule has 78 valence electrons. The van der Waals surface area contributed by atoms with E-state index < -0.39 is 0 Å². The van der Waals surface area contributed by atoms with E-state index in [2.05, 4.69) is 6.92 Å². The number of nitrogens with zero attached hydrogens (tertiary/aromatic N) is 1. The summed E-state index contributed by atoms with van der Waals surface area (Å²) in [6.07, 6.45) is 2.78. The van der Waals surface area contributed by atoms with Gasteiger partial charge in [-0.25, -0.2) is 0 Å². The lowest BCUT2D eigenvalue weighted by Crippen LogP contribution is -2.28. The van der Waals surface area contributed by atoms with Crippen LogP contribution < -0.4 is 0 Å². The number of hydrogen-bond donors (Lipinski definition) is 0. The molecule has 0 spiro atoms. The Bertz CT molecular complexity index is 269. The van der Waals surface area contributed by atoms with Gasteiger partial charge in [0.25, 0.3) is 0 Å². The monoisotopic (exact) mass is 211 g/mol. The Labute approximate surface area is 89.5 Å². The normalized spacial score (nSPS) is 10.1. The molecular weight excluding hydrogens is 194 g/mol. The van der Waals surface area contributed by atoms with Crippen LogP contribution in [-0.2, 0) is 11.2 Å². The van der Waals surface area contributed by atoms with Crippen LogP contribution >= 0.6 is 11.3 Å². The summed E-state index contributed by atoms with van der Waals surface area (Å²) in [6, 6.07) is 4.00. The molecule has 1 aromatic rings. The number of likely N-dealkylation sites (N-methyl/N-ethyl adjacent to an activating group) is 1. The molecule has 0 radical (unpaired) electrons. The Hall–Kier alpha value is -0.830. The molecule has 0 aliphatic rings. The third-order valence-corrected chi connectivity index (χ3v) is 3.05. The Morgan fingerprint density at radius 2 is 2.36 bits per heavy atom. The molecule has 0 atom stereocenters. The number of rotatable bonds is 5. The molecule has 1 aromatic heterocycles. The molecule has 1 rings (SSSR count). The van der Waals surface area contributed by atoms with Gasteiger partial charge in [-0.3, -0.25) is 4.79 Å². The Morgan fingerprint density at radius 3 is 2.93 bits per heavy atom. The molecule has 0 fully saturated rings. The smallest absolute Gasteiger partial charge is 0.227 e. The fourth-order valence-corrected chi connectivity index (χ4v) is 1.91. The van der Waals surface area contributed by atoms with Crippen molar-refractivity contribution < 1.29 is 4.79 Å². The molecule has 0 N–H and O–H groups in total. The van der Waals surface area contributed by atoms with Gasteiger partial charge in [0.05, 0.1) is 6.42 Å². The largest absolute Gasteiger partial charge is 0.345 e. The van der Waals surface area contributed by atoms with Gasteiger partial charge in [-0.2, -0.15) is 0 Å². The Kier molecular flexibility index (Phi) is 4.66. The average molecular weight is 211 g/mol. The first-order valence-electron chi connectivity index (χ1n) is 5.00. The fourth-order valence-electron chi connectivity index (χ4n) is 1.22. The number of amides is 1. The van der Waals surface area contributed by atoms with Gasteiger partial charge in [-0.15, -0.1) is 11.3 Å². The van der Waals surface area contributed by atoms with E-state index in [1.807, 2.05) is 29.5 Å². The fraction of sp³-hybridized carbons (Fsp3) is 0.545. The minimum Gasteiger partial charge on any atom is -0.345 e. The van der Waals surface area contributed by atoms with Gasteiger partial charge in [0.1, 0.15) is 0 Å². The number of thiophene rings is 1. The highest BCUT2D eigenvalue weighted by Crippen LogP contribution is 2.10. The zero-order valence-electron chi connectivity index (χ0n) is 8.82. The van der Waals surface area contributed by atoms with Crippen LogP contribution in [0, 0.1) is 0 Å². The third-order valence-electron chi connectivity index (χ3n) is 2.18. The minimum absolute atomic E-state index is 0.223. The molecule has 1 amide bonds. The van der Waals surface area contributed by atoms with Crippen molar-refractivity contribution in [3.8, 4) is 0 Å². The summed E-state index contributed by atoms with van der Waals surface area (Å²) in [5.41, 5.74) is 0. The summed E-state index contributed by atoms with van der Waals surface area (Å²) >= 11 is 1.64. The molecule has 2 nitrogen and oxygen atoms in total. The van der Waals surface area contributed by atoms with Crippen molar-refractivity contribution in [2.75, 3.05) is 13.6 Å². The quantitative estimate of drug-likeness (QED) is 0.733. The third kappa shape index (κ3) is 3.50. The molecule has 0 unspecified atom stereocenters. The van der Waals surface area contributed by atoms with E-state index in [9.17, 15) is 4.79 Å². The van der Waals surface area contributed by atoms with Crippen molar-refractivity contribution >= 4 is 17.2 Å². The van der Waals surface area contributed by atoms with Gasteiger partial charge in [0, 0.05) is 18.5 Å². The first-order chi connectivity index (χ1) is 6.74. The molecule has 3 heteroatoms. The van der Waals surface area contributed by atoms with E-state index in [0.717, 1.165) is 24.3 Å². The van der Waals surface area contributed by atoms with Gasteiger partial charge in [0.2, 0.25) is 5.91 Å². The van der Waals surface area contributed by atoms with Gasteiger partial charge >= 0.3 is 0 Å². The summed E-state index contributed by atoms with van der Waals surface area (Å²) in [6.45, 7) is 3.01. The lowest BCUT2D eigenvalue weighted by Gasteiger charge is -2.15. The van der Waals surface area contributed by atoms with Gasteiger partial charge < -0.3 is 4.90 Å². The van der Waals surface area contributed by atoms with Crippen LogP contribution in [0.4, 0.5) is 0 Å². The van der Waals surface area contributed by atoms with Crippen molar-refractivity contribution in [2.24, 2.45) is 0 Å². The standard InChI is InChI=1S/C11H17NOS/c1-3-4-7-12(2)11(13)9-10-6-5-8-14-10/h5-6,8H,3-4,7,9H2,1-2H3. The topological polar surface area (TPSA) is 20.3 Å². The SMILES string of the molecule is CCCCN(C)C(=O)Cc1cccs1. The molecule has 0 aliphatic heterocycles. The summed E-state index contributed by atoms with van der Waals surface area (Å²) in [5, 5.41) is 2.01. The number of carbonyl (C=O) groups is 1. The predicted molar refractivity (Wildman–Crippen MR) is 60.6 cm³/mol. The summed E-state index contributed by atoms with van der Waals surface area (Å²) in [4.78, 5) is 14.6. The van der Waals surface area contributed by atoms with Crippen LogP contribution in [0.3, 0.4) is 0 Å². The highest BCUT2D eigenvalue weighted by molar-refractivity contribution is 7.10. The average Bonchev–Trinajstić information content (AvgIpc) is 2.66. The molecule has 0 aliphatic carbocycles. The van der Waals surface area contributed by atoms with Gasteiger partial charge in [-0.05, 0) is 17.9 Å². The minimum atomic E-state index is 0.223. The maximum Gasteiger partial charge on any atom is 0.227 e. The van der Waals surface area contributed by atoms with Crippen LogP contribution in [0.1, 0.15) is 24.6 Å². The second-order valence-corrected chi connectivity index (χ2v) is 4.46. The van der Waals surface area contributed by atoms with Crippen LogP contribution in [-0.4, -0.2) is 24.4 Å². The Balaban J connectivity index is 2.34. The summed E-state index contributed by atoms with van der Waals surface area (Å²) in [7, 11) is 1.88. The molecule has 0 saturated carbocycles. The van der Waals surface area contributed by atoms with Crippen LogP contribution in [0.25, 0.3) is 0 Å². The maximum absolute atomic E-state index is 11.6. The van der Waals surface area contributed by atoms with E-state index >= 15 is 0 Å². The number of carbonyl (C=O) groups excluding carboxylic acids is 1. The molecule has 0 saturated heterocycles. The van der Waals surface area contributed by atoms with Crippen LogP contribution in [0.15, 0.2) is 17.5 Å². The van der Waals surface area contributed by atoms with E-state index in [1.165, 1.54) is 0 Å². The predicted octanol–water partition coefficient (Wildman–Crippen LogP) is 2.55. The van der Waals surface area contributed by atoms with E-state index in [1.54, 1.807) is 11.3 Å². The van der Waals surface area contributed by atoms with E-state index in [-0.39, 0.29) is 5.91 Å². The van der Waals surface area contributed by atoms with E-state index in [4.69, 9.17) is 0 Å². The first kappa shape index (κ1) is 11.2. The van der Waals surface area contributed by atoms with Crippen molar-refractivity contribution in [3.63, 3.8) is 0 Å². The van der Waals surface area contributed by atoms with Crippen molar-refractivity contribution in [2.45, 2.75) is 26.2 Å². The lowest BCUT2D eigenvalue weighted by molar-refractivity contribution is -0.129. The van der Waals surface area contributed by atoms with Crippen LogP contribution in [0.5, 0.6) is 0 Å². The van der Waals surface area contributed by atoms with Crippen molar-refractivity contribution in [1.82, 2.24) is 4.90 Å². The first-order valence-corrected chi connectivity index (χ1v) is 5.88. The maximum atomic E-state index is 11.6. The van der Waals surface area contributed by atoms with Gasteiger partial charge in [0.15, 0.2) is 0 Å². The second-order valence-electron chi connectivity index (χ2n) is 3.42.